The van der Waals surface area contributed by atoms with Gasteiger partial charge in [0.05, 0.1) is 6.54 Å². The van der Waals surface area contributed by atoms with Crippen LogP contribution in [0.5, 0.6) is 0 Å². The van der Waals surface area contributed by atoms with Crippen molar-refractivity contribution in [2.75, 3.05) is 60.9 Å². The van der Waals surface area contributed by atoms with Crippen LogP contribution in [0.25, 0.3) is 0 Å². The van der Waals surface area contributed by atoms with Gasteiger partial charge in [-0.15, -0.1) is 0 Å². The van der Waals surface area contributed by atoms with Gasteiger partial charge in [-0.3, -0.25) is 4.79 Å². The molecule has 0 saturated carbocycles. The van der Waals surface area contributed by atoms with Crippen LogP contribution < -0.4 is 15.1 Å². The highest BCUT2D eigenvalue weighted by molar-refractivity contribution is 5.81. The molecule has 1 aromatic heterocycles. The first-order valence-corrected chi connectivity index (χ1v) is 10.7. The van der Waals surface area contributed by atoms with E-state index in [0.717, 1.165) is 56.7 Å². The van der Waals surface area contributed by atoms with Gasteiger partial charge in [-0.1, -0.05) is 13.0 Å². The molecule has 1 amide bonds. The Bertz CT molecular complexity index is 779. The summed E-state index contributed by atoms with van der Waals surface area (Å²) in [7, 11) is 0. The van der Waals surface area contributed by atoms with E-state index in [1.165, 1.54) is 18.5 Å². The molecule has 2 aliphatic heterocycles. The zero-order valence-electron chi connectivity index (χ0n) is 17.3. The minimum Gasteiger partial charge on any atom is -0.376 e. The first-order chi connectivity index (χ1) is 14.2. The number of piperazine rings is 1. The summed E-state index contributed by atoms with van der Waals surface area (Å²) in [5, 5.41) is 3.29. The van der Waals surface area contributed by atoms with Crippen molar-refractivity contribution in [1.82, 2.24) is 9.88 Å². The highest BCUT2D eigenvalue weighted by atomic mass is 16.2. The Labute approximate surface area is 173 Å². The topological polar surface area (TPSA) is 51.7 Å². The first-order valence-electron chi connectivity index (χ1n) is 10.7. The molecule has 4 rings (SSSR count). The number of pyridine rings is 1. The highest BCUT2D eigenvalue weighted by Gasteiger charge is 2.21. The largest absolute Gasteiger partial charge is 0.376 e. The van der Waals surface area contributed by atoms with Gasteiger partial charge in [0.25, 0.3) is 0 Å². The summed E-state index contributed by atoms with van der Waals surface area (Å²) in [6.45, 7) is 8.07. The van der Waals surface area contributed by atoms with Gasteiger partial charge in [-0.2, -0.15) is 0 Å². The molecular weight excluding hydrogens is 362 g/mol. The van der Waals surface area contributed by atoms with Crippen molar-refractivity contribution in [3.63, 3.8) is 0 Å². The number of piperidine rings is 1. The van der Waals surface area contributed by atoms with Gasteiger partial charge in [0.2, 0.25) is 5.91 Å². The van der Waals surface area contributed by atoms with E-state index in [9.17, 15) is 4.79 Å². The predicted molar refractivity (Wildman–Crippen MR) is 119 cm³/mol. The van der Waals surface area contributed by atoms with Crippen molar-refractivity contribution < 1.29 is 4.79 Å². The van der Waals surface area contributed by atoms with E-state index < -0.39 is 0 Å². The second kappa shape index (κ2) is 9.16. The summed E-state index contributed by atoms with van der Waals surface area (Å²) in [5.41, 5.74) is 2.28. The molecule has 2 fully saturated rings. The molecule has 6 heteroatoms. The Kier molecular flexibility index (Phi) is 6.17. The summed E-state index contributed by atoms with van der Waals surface area (Å²) in [6.07, 6.45) is 4.35. The van der Waals surface area contributed by atoms with Gasteiger partial charge in [0.1, 0.15) is 5.82 Å². The van der Waals surface area contributed by atoms with E-state index >= 15 is 0 Å². The van der Waals surface area contributed by atoms with Crippen molar-refractivity contribution in [2.24, 2.45) is 5.92 Å². The molecule has 2 aliphatic rings. The molecule has 0 radical (unpaired) electrons. The molecular formula is C23H31N5O. The molecule has 0 unspecified atom stereocenters. The molecule has 0 atom stereocenters. The van der Waals surface area contributed by atoms with E-state index in [0.29, 0.717) is 6.54 Å². The van der Waals surface area contributed by atoms with Crippen LogP contribution in [-0.4, -0.2) is 61.6 Å². The number of nitrogens with zero attached hydrogens (tertiary/aromatic N) is 4. The van der Waals surface area contributed by atoms with Gasteiger partial charge in [-0.25, -0.2) is 4.98 Å². The molecule has 0 aliphatic carbocycles. The number of nitrogens with one attached hydrogen (secondary N) is 1. The van der Waals surface area contributed by atoms with Crippen LogP contribution in [0, 0.1) is 5.92 Å². The van der Waals surface area contributed by atoms with Crippen LogP contribution >= 0.6 is 0 Å². The monoisotopic (exact) mass is 393 g/mol. The summed E-state index contributed by atoms with van der Waals surface area (Å²) in [5.74, 6) is 1.98. The van der Waals surface area contributed by atoms with Gasteiger partial charge < -0.3 is 20.0 Å². The third-order valence-corrected chi connectivity index (χ3v) is 6.07. The SMILES string of the molecule is CC1CCN(c2ccc(NCC(=O)N3CCN(c4ccccn4)CC3)cc2)CC1. The van der Waals surface area contributed by atoms with Gasteiger partial charge >= 0.3 is 0 Å². The second-order valence-corrected chi connectivity index (χ2v) is 8.13. The van der Waals surface area contributed by atoms with Crippen LogP contribution in [-0.2, 0) is 4.79 Å². The van der Waals surface area contributed by atoms with Crippen LogP contribution in [0.4, 0.5) is 17.2 Å². The second-order valence-electron chi connectivity index (χ2n) is 8.13. The third-order valence-electron chi connectivity index (χ3n) is 6.07. The molecule has 3 heterocycles. The maximum Gasteiger partial charge on any atom is 0.241 e. The van der Waals surface area contributed by atoms with Crippen LogP contribution in [0.3, 0.4) is 0 Å². The molecule has 154 valence electrons. The normalized spacial score (nSPS) is 18.0. The zero-order chi connectivity index (χ0) is 20.1. The fraction of sp³-hybridized carbons (Fsp3) is 0.478. The Morgan fingerprint density at radius 2 is 1.69 bits per heavy atom. The summed E-state index contributed by atoms with van der Waals surface area (Å²) < 4.78 is 0. The number of rotatable bonds is 5. The van der Waals surface area contributed by atoms with Crippen molar-refractivity contribution in [3.05, 3.63) is 48.7 Å². The quantitative estimate of drug-likeness (QED) is 0.846. The van der Waals surface area contributed by atoms with Crippen molar-refractivity contribution in [2.45, 2.75) is 19.8 Å². The van der Waals surface area contributed by atoms with Crippen molar-refractivity contribution >= 4 is 23.1 Å². The summed E-state index contributed by atoms with van der Waals surface area (Å²) in [4.78, 5) is 23.6. The molecule has 2 saturated heterocycles. The Balaban J connectivity index is 1.23. The number of carbonyl (C=O) groups excluding carboxylic acids is 1. The first kappa shape index (κ1) is 19.6. The lowest BCUT2D eigenvalue weighted by Gasteiger charge is -2.35. The van der Waals surface area contributed by atoms with E-state index in [1.54, 1.807) is 0 Å². The standard InChI is InChI=1S/C23H31N5O/c1-19-9-12-26(13-10-19)21-7-5-20(6-8-21)25-18-23(29)28-16-14-27(15-17-28)22-4-2-3-11-24-22/h2-8,11,19,25H,9-10,12-18H2,1H3. The molecule has 1 N–H and O–H groups in total. The van der Waals surface area contributed by atoms with Gasteiger partial charge in [0, 0.05) is 56.8 Å². The van der Waals surface area contributed by atoms with E-state index in [4.69, 9.17) is 0 Å². The lowest BCUT2D eigenvalue weighted by atomic mass is 9.99. The van der Waals surface area contributed by atoms with Crippen molar-refractivity contribution in [1.29, 1.82) is 0 Å². The number of anilines is 3. The minimum absolute atomic E-state index is 0.153. The highest BCUT2D eigenvalue weighted by Crippen LogP contribution is 2.24. The number of carbonyl (C=O) groups is 1. The van der Waals surface area contributed by atoms with Crippen LogP contribution in [0.2, 0.25) is 0 Å². The summed E-state index contributed by atoms with van der Waals surface area (Å²) in [6, 6.07) is 14.4. The smallest absolute Gasteiger partial charge is 0.241 e. The Morgan fingerprint density at radius 3 is 2.34 bits per heavy atom. The maximum atomic E-state index is 12.6. The third kappa shape index (κ3) is 5.00. The van der Waals surface area contributed by atoms with E-state index in [1.807, 2.05) is 29.3 Å². The lowest BCUT2D eigenvalue weighted by Crippen LogP contribution is -2.50. The van der Waals surface area contributed by atoms with Crippen molar-refractivity contribution in [3.8, 4) is 0 Å². The summed E-state index contributed by atoms with van der Waals surface area (Å²) >= 11 is 0. The van der Waals surface area contributed by atoms with E-state index in [-0.39, 0.29) is 5.91 Å². The molecule has 1 aromatic carbocycles. The average molecular weight is 394 g/mol. The van der Waals surface area contributed by atoms with Crippen LogP contribution in [0.15, 0.2) is 48.7 Å². The number of hydrogen-bond donors (Lipinski definition) is 1. The fourth-order valence-electron chi connectivity index (χ4n) is 4.07. The molecule has 6 nitrogen and oxygen atoms in total. The average Bonchev–Trinajstić information content (AvgIpc) is 2.79. The maximum absolute atomic E-state index is 12.6. The molecule has 29 heavy (non-hydrogen) atoms. The predicted octanol–water partition coefficient (Wildman–Crippen LogP) is 3.08. The molecule has 0 bridgehead atoms. The zero-order valence-corrected chi connectivity index (χ0v) is 17.3. The number of benzene rings is 1. The van der Waals surface area contributed by atoms with Gasteiger partial charge in [-0.05, 0) is 55.2 Å². The Hall–Kier alpha value is -2.76. The number of hydrogen-bond acceptors (Lipinski definition) is 5. The number of amides is 1. The Morgan fingerprint density at radius 1 is 0.966 bits per heavy atom. The van der Waals surface area contributed by atoms with E-state index in [2.05, 4.69) is 51.3 Å². The minimum atomic E-state index is 0.153. The fourth-order valence-corrected chi connectivity index (χ4v) is 4.07. The van der Waals surface area contributed by atoms with Gasteiger partial charge in [0.15, 0.2) is 0 Å². The molecule has 0 spiro atoms. The number of aromatic nitrogens is 1. The van der Waals surface area contributed by atoms with Crippen LogP contribution in [0.1, 0.15) is 19.8 Å². The lowest BCUT2D eigenvalue weighted by molar-refractivity contribution is -0.129. The molecule has 2 aromatic rings.